The van der Waals surface area contributed by atoms with Crippen molar-refractivity contribution in [3.05, 3.63) is 0 Å². The van der Waals surface area contributed by atoms with Crippen molar-refractivity contribution in [3.63, 3.8) is 0 Å². The van der Waals surface area contributed by atoms with E-state index in [1.807, 2.05) is 0 Å². The van der Waals surface area contributed by atoms with Crippen LogP contribution in [-0.2, 0) is 0 Å². The molecule has 3 atom stereocenters. The highest BCUT2D eigenvalue weighted by Gasteiger charge is 2.38. The van der Waals surface area contributed by atoms with Gasteiger partial charge in [0, 0.05) is 0 Å². The first-order valence-electron chi connectivity index (χ1n) is 5.08. The first-order valence-corrected chi connectivity index (χ1v) is 5.08. The van der Waals surface area contributed by atoms with E-state index in [4.69, 9.17) is 0 Å². The van der Waals surface area contributed by atoms with Crippen LogP contribution in [0.5, 0.6) is 0 Å². The van der Waals surface area contributed by atoms with E-state index in [1.165, 1.54) is 25.7 Å². The maximum absolute atomic E-state index is 2.48. The Morgan fingerprint density at radius 1 is 1.36 bits per heavy atom. The molecule has 0 aromatic heterocycles. The third kappa shape index (κ3) is 1.77. The predicted molar refractivity (Wildman–Crippen MR) is 50.6 cm³/mol. The Bertz CT molecular complexity index is 128. The van der Waals surface area contributed by atoms with E-state index in [-0.39, 0.29) is 0 Å². The summed E-state index contributed by atoms with van der Waals surface area (Å²) in [6.07, 6.45) is 5.70. The molecule has 0 heterocycles. The van der Waals surface area contributed by atoms with E-state index >= 15 is 0 Å². The molecule has 0 spiro atoms. The van der Waals surface area contributed by atoms with Gasteiger partial charge in [-0.05, 0) is 36.5 Å². The largest absolute Gasteiger partial charge is 0.0654 e. The molecule has 3 unspecified atom stereocenters. The van der Waals surface area contributed by atoms with Crippen molar-refractivity contribution >= 4 is 0 Å². The van der Waals surface area contributed by atoms with Crippen LogP contribution in [0.4, 0.5) is 0 Å². The van der Waals surface area contributed by atoms with Crippen LogP contribution in [0.25, 0.3) is 0 Å². The normalized spacial score (nSPS) is 44.7. The first kappa shape index (κ1) is 9.09. The Balaban J connectivity index is 2.55. The monoisotopic (exact) mass is 154 g/mol. The third-order valence-corrected chi connectivity index (χ3v) is 3.58. The number of hydrogen-bond acceptors (Lipinski definition) is 0. The van der Waals surface area contributed by atoms with Gasteiger partial charge in [-0.25, -0.2) is 0 Å². The minimum absolute atomic E-state index is 0.675. The van der Waals surface area contributed by atoms with Crippen LogP contribution < -0.4 is 0 Å². The summed E-state index contributed by atoms with van der Waals surface area (Å²) in [5.41, 5.74) is 0.675. The van der Waals surface area contributed by atoms with Gasteiger partial charge in [-0.3, -0.25) is 0 Å². The molecule has 1 rings (SSSR count). The molecule has 0 N–H and O–H groups in total. The van der Waals surface area contributed by atoms with Crippen molar-refractivity contribution < 1.29 is 0 Å². The Hall–Kier alpha value is 0. The summed E-state index contributed by atoms with van der Waals surface area (Å²) in [7, 11) is 0. The van der Waals surface area contributed by atoms with E-state index in [2.05, 4.69) is 27.7 Å². The fourth-order valence-electron chi connectivity index (χ4n) is 2.89. The summed E-state index contributed by atoms with van der Waals surface area (Å²) in [5, 5.41) is 0. The quantitative estimate of drug-likeness (QED) is 0.566. The molecule has 0 aromatic rings. The van der Waals surface area contributed by atoms with Gasteiger partial charge in [-0.2, -0.15) is 0 Å². The molecule has 0 radical (unpaired) electrons. The zero-order valence-electron chi connectivity index (χ0n) is 8.48. The summed E-state index contributed by atoms with van der Waals surface area (Å²) >= 11 is 0. The molecule has 1 aliphatic rings. The summed E-state index contributed by atoms with van der Waals surface area (Å²) in [6.45, 7) is 9.61. The van der Waals surface area contributed by atoms with Gasteiger partial charge in [0.15, 0.2) is 0 Å². The summed E-state index contributed by atoms with van der Waals surface area (Å²) in [5.74, 6) is 1.93. The van der Waals surface area contributed by atoms with Crippen molar-refractivity contribution in [3.8, 4) is 0 Å². The van der Waals surface area contributed by atoms with Crippen LogP contribution in [0.1, 0.15) is 53.4 Å². The van der Waals surface area contributed by atoms with Gasteiger partial charge < -0.3 is 0 Å². The van der Waals surface area contributed by atoms with Crippen molar-refractivity contribution in [2.24, 2.45) is 17.3 Å². The highest BCUT2D eigenvalue weighted by Crippen LogP contribution is 2.48. The average Bonchev–Trinajstić information content (AvgIpc) is 2.08. The van der Waals surface area contributed by atoms with Crippen molar-refractivity contribution in [1.82, 2.24) is 0 Å². The van der Waals surface area contributed by atoms with Gasteiger partial charge >= 0.3 is 0 Å². The van der Waals surface area contributed by atoms with Gasteiger partial charge in [0.2, 0.25) is 0 Å². The third-order valence-electron chi connectivity index (χ3n) is 3.58. The van der Waals surface area contributed by atoms with E-state index in [0.29, 0.717) is 5.41 Å². The van der Waals surface area contributed by atoms with Gasteiger partial charge in [0.25, 0.3) is 0 Å². The Labute approximate surface area is 71.4 Å². The lowest BCUT2D eigenvalue weighted by Crippen LogP contribution is -2.18. The van der Waals surface area contributed by atoms with E-state index in [1.54, 1.807) is 0 Å². The topological polar surface area (TPSA) is 0 Å². The Morgan fingerprint density at radius 2 is 2.00 bits per heavy atom. The maximum atomic E-state index is 2.48. The van der Waals surface area contributed by atoms with Crippen molar-refractivity contribution in [2.45, 2.75) is 53.4 Å². The van der Waals surface area contributed by atoms with Crippen molar-refractivity contribution in [2.75, 3.05) is 0 Å². The maximum Gasteiger partial charge on any atom is -0.0298 e. The lowest BCUT2D eigenvalue weighted by Gasteiger charge is -2.28. The van der Waals surface area contributed by atoms with Crippen LogP contribution >= 0.6 is 0 Å². The highest BCUT2D eigenvalue weighted by atomic mass is 14.4. The zero-order chi connectivity index (χ0) is 8.48. The minimum Gasteiger partial charge on any atom is -0.0654 e. The van der Waals surface area contributed by atoms with Crippen LogP contribution in [-0.4, -0.2) is 0 Å². The molecule has 0 bridgehead atoms. The molecule has 1 fully saturated rings. The average molecular weight is 154 g/mol. The lowest BCUT2D eigenvalue weighted by molar-refractivity contribution is 0.221. The minimum atomic E-state index is 0.675. The first-order chi connectivity index (χ1) is 5.08. The SMILES string of the molecule is CCCC1(C)CC(C)CC1C. The molecule has 0 heteroatoms. The molecule has 1 aliphatic carbocycles. The van der Waals surface area contributed by atoms with E-state index in [9.17, 15) is 0 Å². The van der Waals surface area contributed by atoms with Crippen molar-refractivity contribution in [1.29, 1.82) is 0 Å². The second-order valence-corrected chi connectivity index (χ2v) is 4.85. The summed E-state index contributed by atoms with van der Waals surface area (Å²) in [6, 6.07) is 0. The van der Waals surface area contributed by atoms with Gasteiger partial charge in [-0.15, -0.1) is 0 Å². The molecule has 66 valence electrons. The van der Waals surface area contributed by atoms with Crippen LogP contribution in [0.15, 0.2) is 0 Å². The molecule has 0 aromatic carbocycles. The second kappa shape index (κ2) is 3.16. The number of rotatable bonds is 2. The summed E-state index contributed by atoms with van der Waals surface area (Å²) < 4.78 is 0. The molecule has 1 saturated carbocycles. The number of hydrogen-bond donors (Lipinski definition) is 0. The molecule has 0 saturated heterocycles. The fraction of sp³-hybridized carbons (Fsp3) is 1.00. The summed E-state index contributed by atoms with van der Waals surface area (Å²) in [4.78, 5) is 0. The predicted octanol–water partition coefficient (Wildman–Crippen LogP) is 3.86. The molecule has 11 heavy (non-hydrogen) atoms. The van der Waals surface area contributed by atoms with E-state index in [0.717, 1.165) is 11.8 Å². The van der Waals surface area contributed by atoms with E-state index < -0.39 is 0 Å². The zero-order valence-corrected chi connectivity index (χ0v) is 8.48. The van der Waals surface area contributed by atoms with Gasteiger partial charge in [-0.1, -0.05) is 34.1 Å². The second-order valence-electron chi connectivity index (χ2n) is 4.85. The highest BCUT2D eigenvalue weighted by molar-refractivity contribution is 4.88. The molecular weight excluding hydrogens is 132 g/mol. The van der Waals surface area contributed by atoms with Crippen LogP contribution in [0, 0.1) is 17.3 Å². The molecular formula is C11H22. The van der Waals surface area contributed by atoms with Gasteiger partial charge in [0.1, 0.15) is 0 Å². The molecule has 0 nitrogen and oxygen atoms in total. The molecule has 0 aliphatic heterocycles. The Kier molecular flexibility index (Phi) is 2.61. The van der Waals surface area contributed by atoms with Crippen LogP contribution in [0.3, 0.4) is 0 Å². The van der Waals surface area contributed by atoms with Crippen LogP contribution in [0.2, 0.25) is 0 Å². The molecule has 0 amide bonds. The standard InChI is InChI=1S/C11H22/c1-5-6-11(4)8-9(2)7-10(11)3/h9-10H,5-8H2,1-4H3. The van der Waals surface area contributed by atoms with Gasteiger partial charge in [0.05, 0.1) is 0 Å². The fourth-order valence-corrected chi connectivity index (χ4v) is 2.89. The Morgan fingerprint density at radius 3 is 2.36 bits per heavy atom. The smallest absolute Gasteiger partial charge is 0.0298 e. The lowest BCUT2D eigenvalue weighted by atomic mass is 9.77.